The molecule has 0 bridgehead atoms. The van der Waals surface area contributed by atoms with Crippen LogP contribution in [-0.4, -0.2) is 28.0 Å². The monoisotopic (exact) mass is 301 g/mol. The average Bonchev–Trinajstić information content (AvgIpc) is 2.46. The first-order valence-electron chi connectivity index (χ1n) is 7.70. The van der Waals surface area contributed by atoms with Crippen LogP contribution in [0.2, 0.25) is 0 Å². The Kier molecular flexibility index (Phi) is 6.74. The summed E-state index contributed by atoms with van der Waals surface area (Å²) in [5, 5.41) is 10.2. The molecule has 0 heterocycles. The first-order valence-corrected chi connectivity index (χ1v) is 9.16. The van der Waals surface area contributed by atoms with Gasteiger partial charge in [-0.1, -0.05) is 50.5 Å². The summed E-state index contributed by atoms with van der Waals surface area (Å²) >= 11 is 7.04. The lowest BCUT2D eigenvalue weighted by atomic mass is 9.94. The van der Waals surface area contributed by atoms with E-state index < -0.39 is 0 Å². The summed E-state index contributed by atoms with van der Waals surface area (Å²) in [5.74, 6) is 0.823. The van der Waals surface area contributed by atoms with Gasteiger partial charge in [-0.3, -0.25) is 5.14 Å². The van der Waals surface area contributed by atoms with E-state index >= 15 is 0 Å². The molecule has 2 fully saturated rings. The molecule has 5 heteroatoms. The molecule has 0 aromatic rings. The molecule has 3 nitrogen and oxygen atoms in total. The van der Waals surface area contributed by atoms with Crippen molar-refractivity contribution in [1.29, 1.82) is 0 Å². The zero-order valence-corrected chi connectivity index (χ0v) is 13.4. The van der Waals surface area contributed by atoms with Gasteiger partial charge in [-0.25, -0.2) is 0 Å². The van der Waals surface area contributed by atoms with Crippen LogP contribution in [0.3, 0.4) is 0 Å². The molecule has 110 valence electrons. The second-order valence-electron chi connectivity index (χ2n) is 5.84. The van der Waals surface area contributed by atoms with Gasteiger partial charge in [0.15, 0.2) is 5.11 Å². The van der Waals surface area contributed by atoms with Gasteiger partial charge < -0.3 is 10.2 Å². The van der Waals surface area contributed by atoms with Gasteiger partial charge in [0.25, 0.3) is 0 Å². The van der Waals surface area contributed by atoms with E-state index in [4.69, 9.17) is 17.4 Å². The topological polar surface area (TPSA) is 41.3 Å². The average molecular weight is 302 g/mol. The highest BCUT2D eigenvalue weighted by Gasteiger charge is 2.24. The molecule has 3 N–H and O–H groups in total. The molecule has 0 aliphatic heterocycles. The molecule has 2 aliphatic rings. The fourth-order valence-corrected chi connectivity index (χ4v) is 4.27. The van der Waals surface area contributed by atoms with E-state index in [1.165, 1.54) is 76.2 Å². The normalized spacial score (nSPS) is 22.2. The number of nitrogens with one attached hydrogen (secondary N) is 1. The van der Waals surface area contributed by atoms with Crippen molar-refractivity contribution in [3.63, 3.8) is 0 Å². The van der Waals surface area contributed by atoms with Crippen molar-refractivity contribution in [3.05, 3.63) is 0 Å². The van der Waals surface area contributed by atoms with Crippen molar-refractivity contribution < 1.29 is 0 Å². The van der Waals surface area contributed by atoms with Crippen molar-refractivity contribution in [2.75, 3.05) is 5.88 Å². The fourth-order valence-electron chi connectivity index (χ4n) is 3.31. The first kappa shape index (κ1) is 15.4. The molecule has 0 aromatic heterocycles. The molecule has 19 heavy (non-hydrogen) atoms. The molecule has 0 aromatic carbocycles. The number of hydrogen-bond acceptors (Lipinski definition) is 3. The Morgan fingerprint density at radius 2 is 1.63 bits per heavy atom. The highest BCUT2D eigenvalue weighted by atomic mass is 32.2. The first-order chi connectivity index (χ1) is 9.31. The van der Waals surface area contributed by atoms with Crippen LogP contribution in [0.25, 0.3) is 0 Å². The third-order valence-corrected chi connectivity index (χ3v) is 5.20. The van der Waals surface area contributed by atoms with Gasteiger partial charge in [-0.2, -0.15) is 0 Å². The third-order valence-electron chi connectivity index (χ3n) is 4.42. The molecule has 0 saturated heterocycles. The molecule has 0 spiro atoms. The van der Waals surface area contributed by atoms with Gasteiger partial charge in [0.2, 0.25) is 0 Å². The molecule has 0 radical (unpaired) electrons. The van der Waals surface area contributed by atoms with E-state index in [1.54, 1.807) is 0 Å². The van der Waals surface area contributed by atoms with E-state index in [0.29, 0.717) is 12.1 Å². The van der Waals surface area contributed by atoms with Gasteiger partial charge in [0, 0.05) is 12.1 Å². The Morgan fingerprint density at radius 3 is 2.21 bits per heavy atom. The summed E-state index contributed by atoms with van der Waals surface area (Å²) in [5.41, 5.74) is 0. The fraction of sp³-hybridized carbons (Fsp3) is 0.929. The summed E-state index contributed by atoms with van der Waals surface area (Å²) in [6.45, 7) is 0. The Labute approximate surface area is 127 Å². The number of nitrogens with two attached hydrogens (primary N) is 1. The maximum absolute atomic E-state index is 5.69. The Bertz CT molecular complexity index is 274. The third kappa shape index (κ3) is 4.80. The summed E-state index contributed by atoms with van der Waals surface area (Å²) in [7, 11) is 0. The van der Waals surface area contributed by atoms with E-state index in [-0.39, 0.29) is 0 Å². The molecule has 0 atom stereocenters. The van der Waals surface area contributed by atoms with E-state index in [1.807, 2.05) is 0 Å². The van der Waals surface area contributed by atoms with Crippen molar-refractivity contribution in [2.24, 2.45) is 5.14 Å². The highest BCUT2D eigenvalue weighted by Crippen LogP contribution is 2.24. The van der Waals surface area contributed by atoms with Crippen LogP contribution >= 0.6 is 24.2 Å². The van der Waals surface area contributed by atoms with E-state index in [0.717, 1.165) is 11.0 Å². The molecule has 2 aliphatic carbocycles. The SMILES string of the molecule is NSCN(C(=S)NC1CCCCC1)C1CCCCC1. The van der Waals surface area contributed by atoms with Crippen molar-refractivity contribution in [1.82, 2.24) is 10.2 Å². The lowest BCUT2D eigenvalue weighted by molar-refractivity contribution is 0.263. The van der Waals surface area contributed by atoms with Crippen molar-refractivity contribution in [3.8, 4) is 0 Å². The van der Waals surface area contributed by atoms with Crippen molar-refractivity contribution >= 4 is 29.3 Å². The van der Waals surface area contributed by atoms with Crippen LogP contribution in [0.1, 0.15) is 64.2 Å². The van der Waals surface area contributed by atoms with Gasteiger partial charge in [0.1, 0.15) is 0 Å². The predicted molar refractivity (Wildman–Crippen MR) is 88.0 cm³/mol. The molecule has 2 rings (SSSR count). The minimum Gasteiger partial charge on any atom is -0.360 e. The predicted octanol–water partition coefficient (Wildman–Crippen LogP) is 3.39. The second kappa shape index (κ2) is 8.32. The summed E-state index contributed by atoms with van der Waals surface area (Å²) in [6.07, 6.45) is 13.2. The van der Waals surface area contributed by atoms with Crippen LogP contribution in [0.4, 0.5) is 0 Å². The summed E-state index contributed by atoms with van der Waals surface area (Å²) in [4.78, 5) is 2.34. The lowest BCUT2D eigenvalue weighted by Crippen LogP contribution is -2.50. The van der Waals surface area contributed by atoms with E-state index in [2.05, 4.69) is 10.2 Å². The Hall–Kier alpha value is -0.0000000000000000278. The molecular weight excluding hydrogens is 274 g/mol. The minimum atomic E-state index is 0.593. The number of thiocarbonyl (C=S) groups is 1. The van der Waals surface area contributed by atoms with Crippen LogP contribution in [0.5, 0.6) is 0 Å². The van der Waals surface area contributed by atoms with Crippen LogP contribution in [0, 0.1) is 0 Å². The Morgan fingerprint density at radius 1 is 1.05 bits per heavy atom. The highest BCUT2D eigenvalue weighted by molar-refractivity contribution is 7.97. The zero-order chi connectivity index (χ0) is 13.5. The van der Waals surface area contributed by atoms with Crippen LogP contribution in [-0.2, 0) is 0 Å². The van der Waals surface area contributed by atoms with Crippen LogP contribution in [0.15, 0.2) is 0 Å². The maximum Gasteiger partial charge on any atom is 0.170 e. The van der Waals surface area contributed by atoms with Gasteiger partial charge in [0.05, 0.1) is 5.88 Å². The number of rotatable bonds is 4. The smallest absolute Gasteiger partial charge is 0.170 e. The quantitative estimate of drug-likeness (QED) is 0.473. The molecule has 0 unspecified atom stereocenters. The van der Waals surface area contributed by atoms with Gasteiger partial charge >= 0.3 is 0 Å². The summed E-state index contributed by atoms with van der Waals surface area (Å²) in [6, 6.07) is 1.20. The van der Waals surface area contributed by atoms with E-state index in [9.17, 15) is 0 Å². The zero-order valence-electron chi connectivity index (χ0n) is 11.8. The molecule has 0 amide bonds. The lowest BCUT2D eigenvalue weighted by Gasteiger charge is -2.37. The standard InChI is InChI=1S/C14H27N3S2/c15-19-11-17(13-9-5-2-6-10-13)14(18)16-12-7-3-1-4-8-12/h12-13H,1-11,15H2,(H,16,18). The maximum atomic E-state index is 5.69. The second-order valence-corrected chi connectivity index (χ2v) is 6.82. The molecule has 2 saturated carbocycles. The summed E-state index contributed by atoms with van der Waals surface area (Å²) < 4.78 is 0. The number of hydrogen-bond donors (Lipinski definition) is 2. The minimum absolute atomic E-state index is 0.593. The van der Waals surface area contributed by atoms with Gasteiger partial charge in [-0.15, -0.1) is 0 Å². The van der Waals surface area contributed by atoms with Crippen LogP contribution < -0.4 is 10.5 Å². The largest absolute Gasteiger partial charge is 0.360 e. The Balaban J connectivity index is 1.87. The van der Waals surface area contributed by atoms with Crippen molar-refractivity contribution in [2.45, 2.75) is 76.3 Å². The number of nitrogens with zero attached hydrogens (tertiary/aromatic N) is 1. The molecular formula is C14H27N3S2. The van der Waals surface area contributed by atoms with Gasteiger partial charge in [-0.05, 0) is 37.9 Å².